The van der Waals surface area contributed by atoms with Crippen LogP contribution >= 0.6 is 0 Å². The molecule has 0 aromatic heterocycles. The largest absolute Gasteiger partial charge is 0.382 e. The topological polar surface area (TPSA) is 59.6 Å². The highest BCUT2D eigenvalue weighted by atomic mass is 16.7. The van der Waals surface area contributed by atoms with Crippen molar-refractivity contribution < 1.29 is 14.4 Å². The molecule has 0 rings (SSSR count). The Morgan fingerprint density at radius 1 is 1.42 bits per heavy atom. The van der Waals surface area contributed by atoms with E-state index in [9.17, 15) is 4.79 Å². The van der Waals surface area contributed by atoms with Gasteiger partial charge in [-0.25, -0.2) is 5.48 Å². The molecule has 5 heteroatoms. The van der Waals surface area contributed by atoms with Crippen LogP contribution in [0.5, 0.6) is 0 Å². The van der Waals surface area contributed by atoms with Gasteiger partial charge in [-0.2, -0.15) is 0 Å². The van der Waals surface area contributed by atoms with Gasteiger partial charge in [-0.3, -0.25) is 9.63 Å². The monoisotopic (exact) mass is 176 g/mol. The lowest BCUT2D eigenvalue weighted by Crippen LogP contribution is -2.34. The van der Waals surface area contributed by atoms with Gasteiger partial charge in [0.25, 0.3) is 5.91 Å². The Bertz CT molecular complexity index is 119. The predicted octanol–water partition coefficient (Wildman–Crippen LogP) is -0.710. The van der Waals surface area contributed by atoms with Gasteiger partial charge in [0.05, 0.1) is 19.8 Å². The maximum Gasteiger partial charge on any atom is 0.257 e. The molecule has 0 saturated carbocycles. The Kier molecular flexibility index (Phi) is 7.99. The average Bonchev–Trinajstić information content (AvgIpc) is 2.09. The molecule has 0 bridgehead atoms. The fourth-order valence-electron chi connectivity index (χ4n) is 0.531. The summed E-state index contributed by atoms with van der Waals surface area (Å²) < 4.78 is 4.71. The van der Waals surface area contributed by atoms with E-state index in [2.05, 4.69) is 10.8 Å². The lowest BCUT2D eigenvalue weighted by atomic mass is 10.6. The van der Waals surface area contributed by atoms with Gasteiger partial charge < -0.3 is 10.1 Å². The van der Waals surface area contributed by atoms with Crippen LogP contribution in [0.4, 0.5) is 0 Å². The van der Waals surface area contributed by atoms with Gasteiger partial charge in [0.15, 0.2) is 0 Å². The molecular formula is C7H16N2O3. The number of ether oxygens (including phenoxy) is 1. The highest BCUT2D eigenvalue weighted by Gasteiger charge is 1.97. The van der Waals surface area contributed by atoms with Crippen LogP contribution in [0, 0.1) is 0 Å². The molecule has 0 aromatic rings. The molecular weight excluding hydrogens is 160 g/mol. The third kappa shape index (κ3) is 7.46. The van der Waals surface area contributed by atoms with E-state index in [1.165, 1.54) is 0 Å². The number of methoxy groups -OCH3 is 1. The number of hydrogen-bond acceptors (Lipinski definition) is 4. The molecule has 0 heterocycles. The Hall–Kier alpha value is -0.650. The van der Waals surface area contributed by atoms with E-state index in [1.54, 1.807) is 7.11 Å². The molecule has 2 N–H and O–H groups in total. The van der Waals surface area contributed by atoms with E-state index in [1.807, 2.05) is 6.92 Å². The Morgan fingerprint density at radius 3 is 2.75 bits per heavy atom. The van der Waals surface area contributed by atoms with Crippen molar-refractivity contribution >= 4 is 5.91 Å². The summed E-state index contributed by atoms with van der Waals surface area (Å²) in [5, 5.41) is 2.87. The highest BCUT2D eigenvalue weighted by Crippen LogP contribution is 1.70. The van der Waals surface area contributed by atoms with Gasteiger partial charge in [0.1, 0.15) is 0 Å². The summed E-state index contributed by atoms with van der Waals surface area (Å²) in [4.78, 5) is 15.6. The second-order valence-corrected chi connectivity index (χ2v) is 2.15. The number of amides is 1. The number of rotatable bonds is 7. The smallest absolute Gasteiger partial charge is 0.257 e. The van der Waals surface area contributed by atoms with Crippen LogP contribution in [0.2, 0.25) is 0 Å². The molecule has 5 nitrogen and oxygen atoms in total. The first-order valence-corrected chi connectivity index (χ1v) is 3.91. The SMILES string of the molecule is CCNCC(=O)NOCCOC. The van der Waals surface area contributed by atoms with Crippen molar-refractivity contribution in [1.29, 1.82) is 0 Å². The summed E-state index contributed by atoms with van der Waals surface area (Å²) in [6.45, 7) is 3.82. The van der Waals surface area contributed by atoms with Gasteiger partial charge in [0, 0.05) is 7.11 Å². The van der Waals surface area contributed by atoms with Gasteiger partial charge in [-0.15, -0.1) is 0 Å². The summed E-state index contributed by atoms with van der Waals surface area (Å²) in [7, 11) is 1.57. The van der Waals surface area contributed by atoms with E-state index >= 15 is 0 Å². The number of hydroxylamine groups is 1. The van der Waals surface area contributed by atoms with Crippen molar-refractivity contribution in [3.05, 3.63) is 0 Å². The van der Waals surface area contributed by atoms with Crippen molar-refractivity contribution in [1.82, 2.24) is 10.8 Å². The first-order chi connectivity index (χ1) is 5.81. The quantitative estimate of drug-likeness (QED) is 0.397. The summed E-state index contributed by atoms with van der Waals surface area (Å²) in [5.74, 6) is -0.173. The average molecular weight is 176 g/mol. The molecule has 0 saturated heterocycles. The molecule has 0 aromatic carbocycles. The van der Waals surface area contributed by atoms with Crippen molar-refractivity contribution in [2.75, 3.05) is 33.4 Å². The van der Waals surface area contributed by atoms with Crippen molar-refractivity contribution in [3.8, 4) is 0 Å². The summed E-state index contributed by atoms with van der Waals surface area (Å²) in [6.07, 6.45) is 0. The Morgan fingerprint density at radius 2 is 2.17 bits per heavy atom. The van der Waals surface area contributed by atoms with Crippen molar-refractivity contribution in [2.45, 2.75) is 6.92 Å². The predicted molar refractivity (Wildman–Crippen MR) is 44.5 cm³/mol. The van der Waals surface area contributed by atoms with Crippen LogP contribution in [0.25, 0.3) is 0 Å². The Labute approximate surface area is 72.4 Å². The fraction of sp³-hybridized carbons (Fsp3) is 0.857. The maximum absolute atomic E-state index is 10.8. The maximum atomic E-state index is 10.8. The number of nitrogens with one attached hydrogen (secondary N) is 2. The minimum Gasteiger partial charge on any atom is -0.382 e. The van der Waals surface area contributed by atoms with Crippen molar-refractivity contribution in [3.63, 3.8) is 0 Å². The molecule has 0 aliphatic carbocycles. The second-order valence-electron chi connectivity index (χ2n) is 2.15. The lowest BCUT2D eigenvalue weighted by Gasteiger charge is -2.04. The third-order valence-corrected chi connectivity index (χ3v) is 1.11. The zero-order valence-electron chi connectivity index (χ0n) is 7.55. The molecule has 0 aliphatic heterocycles. The first-order valence-electron chi connectivity index (χ1n) is 3.91. The fourth-order valence-corrected chi connectivity index (χ4v) is 0.531. The molecule has 72 valence electrons. The van der Waals surface area contributed by atoms with Gasteiger partial charge in [0.2, 0.25) is 0 Å². The van der Waals surface area contributed by atoms with E-state index in [0.29, 0.717) is 13.2 Å². The van der Waals surface area contributed by atoms with Gasteiger partial charge >= 0.3 is 0 Å². The van der Waals surface area contributed by atoms with Crippen LogP contribution in [-0.4, -0.2) is 39.3 Å². The number of carbonyl (C=O) groups is 1. The standard InChI is InChI=1S/C7H16N2O3/c1-3-8-6-7(10)9-12-5-4-11-2/h8H,3-6H2,1-2H3,(H,9,10). The molecule has 0 spiro atoms. The van der Waals surface area contributed by atoms with Gasteiger partial charge in [-0.05, 0) is 6.54 Å². The van der Waals surface area contributed by atoms with Crippen LogP contribution < -0.4 is 10.8 Å². The molecule has 0 aliphatic rings. The highest BCUT2D eigenvalue weighted by molar-refractivity contribution is 5.76. The number of hydrogen-bond donors (Lipinski definition) is 2. The lowest BCUT2D eigenvalue weighted by molar-refractivity contribution is -0.133. The van der Waals surface area contributed by atoms with Gasteiger partial charge in [-0.1, -0.05) is 6.92 Å². The summed E-state index contributed by atoms with van der Waals surface area (Å²) >= 11 is 0. The molecule has 12 heavy (non-hydrogen) atoms. The number of carbonyl (C=O) groups excluding carboxylic acids is 1. The third-order valence-electron chi connectivity index (χ3n) is 1.11. The van der Waals surface area contributed by atoms with Crippen LogP contribution in [0.3, 0.4) is 0 Å². The molecule has 0 radical (unpaired) electrons. The zero-order valence-corrected chi connectivity index (χ0v) is 7.55. The molecule has 0 fully saturated rings. The van der Waals surface area contributed by atoms with Crippen LogP contribution in [-0.2, 0) is 14.4 Å². The zero-order chi connectivity index (χ0) is 9.23. The first kappa shape index (κ1) is 11.4. The summed E-state index contributed by atoms with van der Waals surface area (Å²) in [5.41, 5.74) is 2.27. The molecule has 0 unspecified atom stereocenters. The Balaban J connectivity index is 3.08. The minimum absolute atomic E-state index is 0.173. The molecule has 1 amide bonds. The van der Waals surface area contributed by atoms with E-state index in [4.69, 9.17) is 9.57 Å². The van der Waals surface area contributed by atoms with Crippen LogP contribution in [0.15, 0.2) is 0 Å². The number of likely N-dealkylation sites (N-methyl/N-ethyl adjacent to an activating group) is 1. The molecule has 0 atom stereocenters. The normalized spacial score (nSPS) is 9.83. The van der Waals surface area contributed by atoms with E-state index in [0.717, 1.165) is 6.54 Å². The summed E-state index contributed by atoms with van der Waals surface area (Å²) in [6, 6.07) is 0. The van der Waals surface area contributed by atoms with E-state index in [-0.39, 0.29) is 12.5 Å². The minimum atomic E-state index is -0.173. The van der Waals surface area contributed by atoms with Crippen molar-refractivity contribution in [2.24, 2.45) is 0 Å². The van der Waals surface area contributed by atoms with Crippen LogP contribution in [0.1, 0.15) is 6.92 Å². The second kappa shape index (κ2) is 8.45. The van der Waals surface area contributed by atoms with E-state index < -0.39 is 0 Å².